The molecule has 3 nitrogen and oxygen atoms in total. The highest BCUT2D eigenvalue weighted by molar-refractivity contribution is 14.1. The van der Waals surface area contributed by atoms with E-state index in [1.54, 1.807) is 0 Å². The quantitative estimate of drug-likeness (QED) is 0.723. The number of aryl methyl sites for hydroxylation is 1. The predicted molar refractivity (Wildman–Crippen MR) is 90.3 cm³/mol. The van der Waals surface area contributed by atoms with Gasteiger partial charge in [0.15, 0.2) is 0 Å². The van der Waals surface area contributed by atoms with Crippen LogP contribution in [-0.4, -0.2) is 16.3 Å². The van der Waals surface area contributed by atoms with Gasteiger partial charge < -0.3 is 5.32 Å². The summed E-state index contributed by atoms with van der Waals surface area (Å²) in [4.78, 5) is 0. The number of nitrogens with zero attached hydrogens (tertiary/aromatic N) is 2. The zero-order valence-electron chi connectivity index (χ0n) is 11.0. The number of rotatable bonds is 5. The van der Waals surface area contributed by atoms with Crippen molar-refractivity contribution in [3.8, 4) is 0 Å². The van der Waals surface area contributed by atoms with E-state index in [4.69, 9.17) is 0 Å². The topological polar surface area (TPSA) is 29.9 Å². The van der Waals surface area contributed by atoms with Crippen LogP contribution in [0.3, 0.4) is 0 Å². The molecule has 0 amide bonds. The van der Waals surface area contributed by atoms with Crippen molar-refractivity contribution in [1.82, 2.24) is 15.1 Å². The summed E-state index contributed by atoms with van der Waals surface area (Å²) in [5.74, 6) is 0. The molecule has 0 fully saturated rings. The van der Waals surface area contributed by atoms with E-state index in [0.717, 1.165) is 17.6 Å². The van der Waals surface area contributed by atoms with Gasteiger partial charge >= 0.3 is 0 Å². The Kier molecular flexibility index (Phi) is 5.41. The van der Waals surface area contributed by atoms with Gasteiger partial charge in [-0.25, -0.2) is 0 Å². The molecular weight excluding hydrogens is 417 g/mol. The largest absolute Gasteiger partial charge is 0.305 e. The van der Waals surface area contributed by atoms with Gasteiger partial charge in [0.25, 0.3) is 0 Å². The highest BCUT2D eigenvalue weighted by Gasteiger charge is 2.19. The van der Waals surface area contributed by atoms with Crippen LogP contribution in [0.4, 0.5) is 0 Å². The second-order valence-electron chi connectivity index (χ2n) is 4.23. The zero-order valence-corrected chi connectivity index (χ0v) is 14.8. The lowest BCUT2D eigenvalue weighted by atomic mass is 10.0. The summed E-state index contributed by atoms with van der Waals surface area (Å²) in [6.07, 6.45) is 1.87. The van der Waals surface area contributed by atoms with E-state index in [-0.39, 0.29) is 6.04 Å². The number of halogens is 2. The molecule has 0 bridgehead atoms. The molecule has 0 saturated heterocycles. The number of hydrogen-bond acceptors (Lipinski definition) is 2. The van der Waals surface area contributed by atoms with Crippen LogP contribution in [0.1, 0.15) is 31.1 Å². The van der Waals surface area contributed by atoms with E-state index in [1.807, 2.05) is 10.9 Å². The van der Waals surface area contributed by atoms with Gasteiger partial charge in [-0.2, -0.15) is 5.10 Å². The molecule has 19 heavy (non-hydrogen) atoms. The Morgan fingerprint density at radius 3 is 2.84 bits per heavy atom. The van der Waals surface area contributed by atoms with Gasteiger partial charge in [0, 0.05) is 20.8 Å². The Morgan fingerprint density at radius 1 is 1.37 bits per heavy atom. The van der Waals surface area contributed by atoms with Crippen molar-refractivity contribution >= 4 is 38.5 Å². The molecule has 0 radical (unpaired) electrons. The summed E-state index contributed by atoms with van der Waals surface area (Å²) in [5, 5.41) is 7.92. The maximum absolute atomic E-state index is 4.37. The third-order valence-corrected chi connectivity index (χ3v) is 4.42. The molecule has 0 aliphatic heterocycles. The van der Waals surface area contributed by atoms with Crippen molar-refractivity contribution in [2.75, 3.05) is 6.54 Å². The van der Waals surface area contributed by atoms with Gasteiger partial charge in [-0.15, -0.1) is 0 Å². The van der Waals surface area contributed by atoms with Gasteiger partial charge in [-0.3, -0.25) is 4.68 Å². The summed E-state index contributed by atoms with van der Waals surface area (Å²) >= 11 is 6.01. The standard InChI is InChI=1S/C14H17BrIN3/c1-3-17-14(13-7-8-18-19(13)4-2)11-9-10(16)5-6-12(11)15/h5-9,14,17H,3-4H2,1-2H3. The van der Waals surface area contributed by atoms with Crippen LogP contribution >= 0.6 is 38.5 Å². The fourth-order valence-corrected chi connectivity index (χ4v) is 3.16. The van der Waals surface area contributed by atoms with E-state index in [0.29, 0.717) is 0 Å². The lowest BCUT2D eigenvalue weighted by molar-refractivity contribution is 0.541. The minimum absolute atomic E-state index is 0.163. The number of aromatic nitrogens is 2. The monoisotopic (exact) mass is 433 g/mol. The molecule has 1 unspecified atom stereocenters. The molecule has 0 saturated carbocycles. The van der Waals surface area contributed by atoms with Crippen molar-refractivity contribution in [3.63, 3.8) is 0 Å². The first-order valence-electron chi connectivity index (χ1n) is 6.37. The van der Waals surface area contributed by atoms with E-state index in [9.17, 15) is 0 Å². The molecule has 0 aliphatic rings. The first-order valence-corrected chi connectivity index (χ1v) is 8.24. The fourth-order valence-electron chi connectivity index (χ4n) is 2.17. The minimum Gasteiger partial charge on any atom is -0.305 e. The van der Waals surface area contributed by atoms with Crippen molar-refractivity contribution in [3.05, 3.63) is 49.8 Å². The summed E-state index contributed by atoms with van der Waals surface area (Å²) in [6.45, 7) is 6.04. The highest BCUT2D eigenvalue weighted by atomic mass is 127. The van der Waals surface area contributed by atoms with E-state index >= 15 is 0 Å². The predicted octanol–water partition coefficient (Wildman–Crippen LogP) is 3.97. The molecule has 1 aromatic carbocycles. The van der Waals surface area contributed by atoms with Gasteiger partial charge in [0.05, 0.1) is 11.7 Å². The van der Waals surface area contributed by atoms with Crippen LogP contribution in [-0.2, 0) is 6.54 Å². The molecule has 1 atom stereocenters. The molecule has 0 spiro atoms. The number of hydrogen-bond donors (Lipinski definition) is 1. The molecule has 1 N–H and O–H groups in total. The number of nitrogens with one attached hydrogen (secondary N) is 1. The van der Waals surface area contributed by atoms with E-state index in [2.05, 4.69) is 87.0 Å². The molecule has 2 aromatic rings. The van der Waals surface area contributed by atoms with Gasteiger partial charge in [0.2, 0.25) is 0 Å². The lowest BCUT2D eigenvalue weighted by Gasteiger charge is -2.21. The lowest BCUT2D eigenvalue weighted by Crippen LogP contribution is -2.25. The van der Waals surface area contributed by atoms with Crippen molar-refractivity contribution in [2.45, 2.75) is 26.4 Å². The Bertz CT molecular complexity index is 553. The summed E-state index contributed by atoms with van der Waals surface area (Å²) in [6, 6.07) is 8.67. The molecule has 5 heteroatoms. The first kappa shape index (κ1) is 15.0. The molecule has 2 rings (SSSR count). The second kappa shape index (κ2) is 6.85. The third kappa shape index (κ3) is 3.38. The van der Waals surface area contributed by atoms with Crippen molar-refractivity contribution in [2.24, 2.45) is 0 Å². The SMILES string of the molecule is CCNC(c1cc(I)ccc1Br)c1ccnn1CC. The Morgan fingerprint density at radius 2 is 2.16 bits per heavy atom. The Hall–Kier alpha value is -0.400. The zero-order chi connectivity index (χ0) is 13.8. The smallest absolute Gasteiger partial charge is 0.0759 e. The van der Waals surface area contributed by atoms with E-state index < -0.39 is 0 Å². The second-order valence-corrected chi connectivity index (χ2v) is 6.33. The Balaban J connectivity index is 2.48. The summed E-state index contributed by atoms with van der Waals surface area (Å²) in [7, 11) is 0. The van der Waals surface area contributed by atoms with Gasteiger partial charge in [-0.1, -0.05) is 22.9 Å². The van der Waals surface area contributed by atoms with Crippen molar-refractivity contribution in [1.29, 1.82) is 0 Å². The van der Waals surface area contributed by atoms with Gasteiger partial charge in [-0.05, 0) is 65.9 Å². The average molecular weight is 434 g/mol. The van der Waals surface area contributed by atoms with Crippen LogP contribution in [0.2, 0.25) is 0 Å². The van der Waals surface area contributed by atoms with E-state index in [1.165, 1.54) is 14.8 Å². The van der Waals surface area contributed by atoms with Crippen LogP contribution in [0, 0.1) is 3.57 Å². The average Bonchev–Trinajstić information content (AvgIpc) is 2.87. The summed E-state index contributed by atoms with van der Waals surface area (Å²) in [5.41, 5.74) is 2.45. The molecule has 0 aliphatic carbocycles. The van der Waals surface area contributed by atoms with Crippen molar-refractivity contribution < 1.29 is 0 Å². The molecule has 1 heterocycles. The van der Waals surface area contributed by atoms with Crippen LogP contribution < -0.4 is 5.32 Å². The first-order chi connectivity index (χ1) is 9.17. The molecule has 102 valence electrons. The highest BCUT2D eigenvalue weighted by Crippen LogP contribution is 2.30. The van der Waals surface area contributed by atoms with Gasteiger partial charge in [0.1, 0.15) is 0 Å². The normalized spacial score (nSPS) is 12.6. The molecular formula is C14H17BrIN3. The maximum Gasteiger partial charge on any atom is 0.0759 e. The van der Waals surface area contributed by atoms with Crippen LogP contribution in [0.25, 0.3) is 0 Å². The third-order valence-electron chi connectivity index (χ3n) is 3.02. The fraction of sp³-hybridized carbons (Fsp3) is 0.357. The van der Waals surface area contributed by atoms with Crippen LogP contribution in [0.15, 0.2) is 34.9 Å². The summed E-state index contributed by atoms with van der Waals surface area (Å²) < 4.78 is 4.41. The van der Waals surface area contributed by atoms with Crippen LogP contribution in [0.5, 0.6) is 0 Å². The molecule has 1 aromatic heterocycles. The minimum atomic E-state index is 0.163. The number of benzene rings is 1. The maximum atomic E-state index is 4.37. The Labute approximate surface area is 136 Å².